The van der Waals surface area contributed by atoms with E-state index in [1.165, 1.54) is 14.2 Å². The van der Waals surface area contributed by atoms with E-state index in [4.69, 9.17) is 9.47 Å². The highest BCUT2D eigenvalue weighted by molar-refractivity contribution is 5.89. The van der Waals surface area contributed by atoms with Crippen LogP contribution in [0.2, 0.25) is 0 Å². The molecule has 3 rings (SSSR count). The zero-order valence-electron chi connectivity index (χ0n) is 14.0. The van der Waals surface area contributed by atoms with Crippen LogP contribution < -0.4 is 36.4 Å². The Bertz CT molecular complexity index is 1060. The van der Waals surface area contributed by atoms with Gasteiger partial charge in [-0.2, -0.15) is 5.10 Å². The van der Waals surface area contributed by atoms with E-state index in [9.17, 15) is 14.4 Å². The topological polar surface area (TPSA) is 106 Å². The Morgan fingerprint density at radius 3 is 1.96 bits per heavy atom. The second-order valence-corrected chi connectivity index (χ2v) is 5.33. The van der Waals surface area contributed by atoms with E-state index in [1.807, 2.05) is 0 Å². The minimum Gasteiger partial charge on any atom is -0.497 e. The summed E-state index contributed by atoms with van der Waals surface area (Å²) in [5.41, 5.74) is 1.51. The van der Waals surface area contributed by atoms with E-state index >= 15 is 0 Å². The van der Waals surface area contributed by atoms with E-state index in [1.54, 1.807) is 42.5 Å². The standard InChI is InChI=1S/C18H15N3O5/c1-25-11-7-10(8-12(9-11)26-2)19-18(24)21-20-15-16(22)13-5-3-4-6-14(13)17(15)23/h3-9H,1-2H3,(H2,19,21,24). The summed E-state index contributed by atoms with van der Waals surface area (Å²) in [6.45, 7) is 0. The number of hydrogen-bond donors (Lipinski definition) is 2. The molecule has 26 heavy (non-hydrogen) atoms. The number of urea groups is 1. The van der Waals surface area contributed by atoms with Crippen molar-refractivity contribution in [3.05, 3.63) is 68.3 Å². The van der Waals surface area contributed by atoms with Gasteiger partial charge in [-0.15, -0.1) is 0 Å². The monoisotopic (exact) mass is 353 g/mol. The predicted molar refractivity (Wildman–Crippen MR) is 96.1 cm³/mol. The van der Waals surface area contributed by atoms with Crippen LogP contribution in [0, 0.1) is 0 Å². The van der Waals surface area contributed by atoms with Crippen LogP contribution in [-0.4, -0.2) is 20.3 Å². The molecule has 0 aromatic heterocycles. The lowest BCUT2D eigenvalue weighted by molar-refractivity contribution is 0.252. The summed E-state index contributed by atoms with van der Waals surface area (Å²) in [6.07, 6.45) is 0. The van der Waals surface area contributed by atoms with Crippen molar-refractivity contribution in [1.82, 2.24) is 5.43 Å². The molecule has 0 unspecified atom stereocenters. The van der Waals surface area contributed by atoms with Crippen molar-refractivity contribution in [2.75, 3.05) is 19.5 Å². The number of carbonyl (C=O) groups is 1. The number of rotatable bonds is 4. The zero-order chi connectivity index (χ0) is 18.7. The van der Waals surface area contributed by atoms with Crippen molar-refractivity contribution in [3.8, 4) is 11.5 Å². The minimum absolute atomic E-state index is 0.274. The molecular formula is C18H15N3O5. The molecule has 2 amide bonds. The molecule has 0 saturated carbocycles. The maximum Gasteiger partial charge on any atom is 0.339 e. The van der Waals surface area contributed by atoms with Gasteiger partial charge in [-0.25, -0.2) is 10.2 Å². The average molecular weight is 353 g/mol. The normalized spacial score (nSPS) is 10.4. The van der Waals surface area contributed by atoms with Crippen molar-refractivity contribution in [2.24, 2.45) is 5.10 Å². The summed E-state index contributed by atoms with van der Waals surface area (Å²) in [7, 11) is 2.97. The van der Waals surface area contributed by atoms with Gasteiger partial charge in [0.15, 0.2) is 5.36 Å². The number of nitrogens with one attached hydrogen (secondary N) is 2. The van der Waals surface area contributed by atoms with Crippen LogP contribution in [0.15, 0.2) is 57.2 Å². The SMILES string of the molecule is COc1cc(NC(=O)NN=c2c(=O)c3ccccc3c2=O)cc(OC)c1. The molecule has 0 spiro atoms. The minimum atomic E-state index is -0.718. The summed E-state index contributed by atoms with van der Waals surface area (Å²) >= 11 is 0. The Morgan fingerprint density at radius 1 is 0.923 bits per heavy atom. The first kappa shape index (κ1) is 17.2. The molecule has 0 aliphatic rings. The first-order valence-corrected chi connectivity index (χ1v) is 7.59. The van der Waals surface area contributed by atoms with E-state index in [0.29, 0.717) is 17.2 Å². The fourth-order valence-electron chi connectivity index (χ4n) is 2.48. The van der Waals surface area contributed by atoms with Crippen LogP contribution in [0.1, 0.15) is 0 Å². The van der Waals surface area contributed by atoms with E-state index in [2.05, 4.69) is 15.8 Å². The number of hydrogen-bond acceptors (Lipinski definition) is 6. The number of nitrogens with zero attached hydrogens (tertiary/aromatic N) is 1. The quantitative estimate of drug-likeness (QED) is 0.683. The third kappa shape index (κ3) is 3.25. The fraction of sp³-hybridized carbons (Fsp3) is 0.111. The van der Waals surface area contributed by atoms with Crippen molar-refractivity contribution < 1.29 is 14.3 Å². The average Bonchev–Trinajstić information content (AvgIpc) is 2.90. The van der Waals surface area contributed by atoms with Gasteiger partial charge in [-0.3, -0.25) is 9.59 Å². The molecule has 0 bridgehead atoms. The molecule has 3 aromatic carbocycles. The molecule has 132 valence electrons. The number of methoxy groups -OCH3 is 2. The maximum absolute atomic E-state index is 12.2. The van der Waals surface area contributed by atoms with Crippen molar-refractivity contribution >= 4 is 22.5 Å². The maximum atomic E-state index is 12.2. The lowest BCUT2D eigenvalue weighted by Crippen LogP contribution is -2.36. The highest BCUT2D eigenvalue weighted by Crippen LogP contribution is 2.25. The highest BCUT2D eigenvalue weighted by Gasteiger charge is 2.11. The number of benzene rings is 2. The number of amides is 2. The Labute approximate surface area is 147 Å². The molecule has 0 saturated heterocycles. The number of carbonyl (C=O) groups excluding carboxylic acids is 1. The van der Waals surface area contributed by atoms with Crippen LogP contribution in [0.5, 0.6) is 11.5 Å². The van der Waals surface area contributed by atoms with Crippen LogP contribution in [0.4, 0.5) is 10.5 Å². The van der Waals surface area contributed by atoms with Gasteiger partial charge in [-0.1, -0.05) is 24.3 Å². The number of anilines is 1. The number of ether oxygens (including phenoxy) is 2. The third-order valence-electron chi connectivity index (χ3n) is 3.73. The lowest BCUT2D eigenvalue weighted by atomic mass is 10.2. The number of fused-ring (bicyclic) bond motifs is 1. The van der Waals surface area contributed by atoms with Gasteiger partial charge in [0.2, 0.25) is 10.9 Å². The van der Waals surface area contributed by atoms with Crippen molar-refractivity contribution in [3.63, 3.8) is 0 Å². The lowest BCUT2D eigenvalue weighted by Gasteiger charge is -2.09. The van der Waals surface area contributed by atoms with Gasteiger partial charge >= 0.3 is 6.03 Å². The second-order valence-electron chi connectivity index (χ2n) is 5.33. The van der Waals surface area contributed by atoms with Crippen LogP contribution in [0.25, 0.3) is 10.8 Å². The molecule has 0 aliphatic carbocycles. The van der Waals surface area contributed by atoms with Gasteiger partial charge in [0.1, 0.15) is 11.5 Å². The Kier molecular flexibility index (Phi) is 4.66. The highest BCUT2D eigenvalue weighted by atomic mass is 16.5. The summed E-state index contributed by atoms with van der Waals surface area (Å²) in [4.78, 5) is 36.4. The summed E-state index contributed by atoms with van der Waals surface area (Å²) in [5, 5.41) is 6.42. The molecule has 8 heteroatoms. The molecule has 0 atom stereocenters. The molecule has 8 nitrogen and oxygen atoms in total. The molecule has 0 fully saturated rings. The molecule has 3 aromatic rings. The Morgan fingerprint density at radius 2 is 1.46 bits per heavy atom. The molecule has 0 aliphatic heterocycles. The molecule has 0 radical (unpaired) electrons. The van der Waals surface area contributed by atoms with Gasteiger partial charge in [-0.05, 0) is 0 Å². The van der Waals surface area contributed by atoms with Gasteiger partial charge in [0, 0.05) is 34.7 Å². The van der Waals surface area contributed by atoms with Gasteiger partial charge < -0.3 is 14.8 Å². The smallest absolute Gasteiger partial charge is 0.339 e. The first-order chi connectivity index (χ1) is 12.5. The van der Waals surface area contributed by atoms with Crippen molar-refractivity contribution in [1.29, 1.82) is 0 Å². The summed E-state index contributed by atoms with van der Waals surface area (Å²) in [5.74, 6) is 0.977. The molecular weight excluding hydrogens is 338 g/mol. The Hall–Kier alpha value is -3.68. The molecule has 2 N–H and O–H groups in total. The van der Waals surface area contributed by atoms with Gasteiger partial charge in [0.05, 0.1) is 14.2 Å². The van der Waals surface area contributed by atoms with Gasteiger partial charge in [0.25, 0.3) is 0 Å². The van der Waals surface area contributed by atoms with Crippen molar-refractivity contribution in [2.45, 2.75) is 0 Å². The van der Waals surface area contributed by atoms with Crippen LogP contribution >= 0.6 is 0 Å². The largest absolute Gasteiger partial charge is 0.497 e. The van der Waals surface area contributed by atoms with Crippen LogP contribution in [0.3, 0.4) is 0 Å². The zero-order valence-corrected chi connectivity index (χ0v) is 14.0. The second kappa shape index (κ2) is 7.06. The van der Waals surface area contributed by atoms with E-state index in [0.717, 1.165) is 0 Å². The predicted octanol–water partition coefficient (Wildman–Crippen LogP) is 1.09. The first-order valence-electron chi connectivity index (χ1n) is 7.59. The van der Waals surface area contributed by atoms with E-state index in [-0.39, 0.29) is 16.1 Å². The van der Waals surface area contributed by atoms with E-state index < -0.39 is 16.9 Å². The van der Waals surface area contributed by atoms with Crippen LogP contribution in [-0.2, 0) is 0 Å². The molecule has 0 heterocycles. The fourth-order valence-corrected chi connectivity index (χ4v) is 2.48. The Balaban J connectivity index is 1.85. The summed E-state index contributed by atoms with van der Waals surface area (Å²) < 4.78 is 10.2. The summed E-state index contributed by atoms with van der Waals surface area (Å²) in [6, 6.07) is 10.5. The third-order valence-corrected chi connectivity index (χ3v) is 3.73.